The number of carbonyl (C=O) groups excluding carboxylic acids is 1. The molecule has 0 spiro atoms. The highest BCUT2D eigenvalue weighted by atomic mass is 79.9. The van der Waals surface area contributed by atoms with Crippen LogP contribution in [0.3, 0.4) is 0 Å². The molecular formula is C13H19BrN2O2. The number of carbonyl (C=O) groups is 1. The quantitative estimate of drug-likeness (QED) is 0.789. The first-order valence-electron chi connectivity index (χ1n) is 5.92. The number of benzene rings is 1. The van der Waals surface area contributed by atoms with Gasteiger partial charge in [0.25, 0.3) is 0 Å². The van der Waals surface area contributed by atoms with Gasteiger partial charge in [0.05, 0.1) is 12.6 Å². The Morgan fingerprint density at radius 1 is 1.39 bits per heavy atom. The van der Waals surface area contributed by atoms with Crippen molar-refractivity contribution in [2.45, 2.75) is 19.9 Å². The van der Waals surface area contributed by atoms with E-state index in [1.807, 2.05) is 38.1 Å². The molecule has 4 nitrogen and oxygen atoms in total. The molecule has 0 saturated carbocycles. The third-order valence-corrected chi connectivity index (χ3v) is 3.03. The maximum atomic E-state index is 11.5. The van der Waals surface area contributed by atoms with Gasteiger partial charge in [-0.3, -0.25) is 4.79 Å². The Morgan fingerprint density at radius 3 is 2.56 bits per heavy atom. The van der Waals surface area contributed by atoms with E-state index >= 15 is 0 Å². The lowest BCUT2D eigenvalue weighted by atomic mass is 10.1. The van der Waals surface area contributed by atoms with Crippen LogP contribution in [0.4, 0.5) is 0 Å². The van der Waals surface area contributed by atoms with Crippen LogP contribution in [0, 0.1) is 5.92 Å². The van der Waals surface area contributed by atoms with Crippen molar-refractivity contribution >= 4 is 21.8 Å². The SMILES string of the molecule is CC(C)[C@H](N)C(=O)NCCOc1ccc(Br)cc1. The summed E-state index contributed by atoms with van der Waals surface area (Å²) in [5.41, 5.74) is 5.71. The maximum absolute atomic E-state index is 11.5. The van der Waals surface area contributed by atoms with Crippen LogP contribution in [0.15, 0.2) is 28.7 Å². The van der Waals surface area contributed by atoms with Crippen molar-refractivity contribution in [3.05, 3.63) is 28.7 Å². The molecule has 0 aliphatic carbocycles. The van der Waals surface area contributed by atoms with Crippen LogP contribution in [0.1, 0.15) is 13.8 Å². The Bertz CT molecular complexity index is 379. The third-order valence-electron chi connectivity index (χ3n) is 2.50. The van der Waals surface area contributed by atoms with Gasteiger partial charge in [0.15, 0.2) is 0 Å². The predicted molar refractivity (Wildman–Crippen MR) is 75.5 cm³/mol. The highest BCUT2D eigenvalue weighted by Crippen LogP contribution is 2.15. The molecule has 1 aromatic carbocycles. The Balaban J connectivity index is 2.23. The fraction of sp³-hybridized carbons (Fsp3) is 0.462. The molecule has 0 aliphatic rings. The molecule has 1 aromatic rings. The fourth-order valence-electron chi connectivity index (χ4n) is 1.29. The van der Waals surface area contributed by atoms with Gasteiger partial charge in [-0.1, -0.05) is 29.8 Å². The van der Waals surface area contributed by atoms with Crippen LogP contribution >= 0.6 is 15.9 Å². The fourth-order valence-corrected chi connectivity index (χ4v) is 1.56. The highest BCUT2D eigenvalue weighted by molar-refractivity contribution is 9.10. The molecule has 0 unspecified atom stereocenters. The molecule has 3 N–H and O–H groups in total. The van der Waals surface area contributed by atoms with Crippen LogP contribution < -0.4 is 15.8 Å². The number of halogens is 1. The maximum Gasteiger partial charge on any atom is 0.237 e. The number of nitrogens with two attached hydrogens (primary N) is 1. The molecule has 18 heavy (non-hydrogen) atoms. The van der Waals surface area contributed by atoms with Gasteiger partial charge in [0.2, 0.25) is 5.91 Å². The number of rotatable bonds is 6. The molecule has 0 radical (unpaired) electrons. The summed E-state index contributed by atoms with van der Waals surface area (Å²) in [5, 5.41) is 2.75. The number of ether oxygens (including phenoxy) is 1. The van der Waals surface area contributed by atoms with E-state index in [0.717, 1.165) is 10.2 Å². The smallest absolute Gasteiger partial charge is 0.237 e. The van der Waals surface area contributed by atoms with Gasteiger partial charge in [-0.15, -0.1) is 0 Å². The molecule has 1 rings (SSSR count). The van der Waals surface area contributed by atoms with Crippen LogP contribution in [0.2, 0.25) is 0 Å². The van der Waals surface area contributed by atoms with Crippen molar-refractivity contribution in [1.29, 1.82) is 0 Å². The van der Waals surface area contributed by atoms with Crippen molar-refractivity contribution in [2.24, 2.45) is 11.7 Å². The molecule has 1 atom stereocenters. The van der Waals surface area contributed by atoms with Crippen molar-refractivity contribution in [3.63, 3.8) is 0 Å². The zero-order chi connectivity index (χ0) is 13.5. The summed E-state index contributed by atoms with van der Waals surface area (Å²) < 4.78 is 6.48. The van der Waals surface area contributed by atoms with E-state index < -0.39 is 6.04 Å². The van der Waals surface area contributed by atoms with E-state index in [-0.39, 0.29) is 11.8 Å². The number of hydrogen-bond acceptors (Lipinski definition) is 3. The first-order chi connectivity index (χ1) is 8.50. The van der Waals surface area contributed by atoms with Crippen molar-refractivity contribution in [3.8, 4) is 5.75 Å². The summed E-state index contributed by atoms with van der Waals surface area (Å²) in [5.74, 6) is 0.780. The lowest BCUT2D eigenvalue weighted by molar-refractivity contribution is -0.123. The summed E-state index contributed by atoms with van der Waals surface area (Å²) in [6.45, 7) is 4.72. The molecule has 0 fully saturated rings. The highest BCUT2D eigenvalue weighted by Gasteiger charge is 2.16. The Labute approximate surface area is 116 Å². The van der Waals surface area contributed by atoms with Gasteiger partial charge in [0, 0.05) is 4.47 Å². The lowest BCUT2D eigenvalue weighted by Crippen LogP contribution is -2.45. The standard InChI is InChI=1S/C13H19BrN2O2/c1-9(2)12(15)13(17)16-7-8-18-11-5-3-10(14)4-6-11/h3-6,9,12H,7-8,15H2,1-2H3,(H,16,17)/t12-/m0/s1. The van der Waals surface area contributed by atoms with Gasteiger partial charge >= 0.3 is 0 Å². The topological polar surface area (TPSA) is 64.4 Å². The largest absolute Gasteiger partial charge is 0.492 e. The van der Waals surface area contributed by atoms with E-state index in [9.17, 15) is 4.79 Å². The van der Waals surface area contributed by atoms with Crippen molar-refractivity contribution in [1.82, 2.24) is 5.32 Å². The lowest BCUT2D eigenvalue weighted by Gasteiger charge is -2.15. The minimum absolute atomic E-state index is 0.135. The summed E-state index contributed by atoms with van der Waals surface area (Å²) in [7, 11) is 0. The normalized spacial score (nSPS) is 12.3. The predicted octanol–water partition coefficient (Wildman–Crippen LogP) is 1.93. The van der Waals surface area contributed by atoms with Gasteiger partial charge in [-0.25, -0.2) is 0 Å². The van der Waals surface area contributed by atoms with Crippen molar-refractivity contribution < 1.29 is 9.53 Å². The van der Waals surface area contributed by atoms with E-state index in [4.69, 9.17) is 10.5 Å². The second kappa shape index (κ2) is 7.38. The van der Waals surface area contributed by atoms with E-state index in [0.29, 0.717) is 13.2 Å². The van der Waals surface area contributed by atoms with Gasteiger partial charge < -0.3 is 15.8 Å². The second-order valence-electron chi connectivity index (χ2n) is 4.36. The summed E-state index contributed by atoms with van der Waals surface area (Å²) in [6.07, 6.45) is 0. The zero-order valence-electron chi connectivity index (χ0n) is 10.7. The van der Waals surface area contributed by atoms with Gasteiger partial charge in [-0.05, 0) is 30.2 Å². The minimum atomic E-state index is -0.460. The molecule has 5 heteroatoms. The summed E-state index contributed by atoms with van der Waals surface area (Å²) in [4.78, 5) is 11.5. The average molecular weight is 315 g/mol. The van der Waals surface area contributed by atoms with Gasteiger partial charge in [-0.2, -0.15) is 0 Å². The van der Waals surface area contributed by atoms with Crippen LogP contribution in [0.5, 0.6) is 5.75 Å². The average Bonchev–Trinajstić information content (AvgIpc) is 2.35. The second-order valence-corrected chi connectivity index (χ2v) is 5.28. The summed E-state index contributed by atoms with van der Waals surface area (Å²) >= 11 is 3.35. The number of hydrogen-bond donors (Lipinski definition) is 2. The minimum Gasteiger partial charge on any atom is -0.492 e. The van der Waals surface area contributed by atoms with E-state index in [2.05, 4.69) is 21.2 Å². The number of nitrogens with one attached hydrogen (secondary N) is 1. The molecule has 0 heterocycles. The first kappa shape index (κ1) is 15.0. The summed E-state index contributed by atoms with van der Waals surface area (Å²) in [6, 6.07) is 7.08. The van der Waals surface area contributed by atoms with Crippen LogP contribution in [-0.4, -0.2) is 25.1 Å². The third kappa shape index (κ3) is 5.06. The van der Waals surface area contributed by atoms with E-state index in [1.54, 1.807) is 0 Å². The van der Waals surface area contributed by atoms with Crippen molar-refractivity contribution in [2.75, 3.05) is 13.2 Å². The monoisotopic (exact) mass is 314 g/mol. The molecular weight excluding hydrogens is 296 g/mol. The molecule has 0 bridgehead atoms. The molecule has 0 aliphatic heterocycles. The Kier molecular flexibility index (Phi) is 6.15. The van der Waals surface area contributed by atoms with Crippen LogP contribution in [-0.2, 0) is 4.79 Å². The molecule has 0 saturated heterocycles. The number of amides is 1. The Hall–Kier alpha value is -1.07. The van der Waals surface area contributed by atoms with Gasteiger partial charge in [0.1, 0.15) is 12.4 Å². The molecule has 0 aromatic heterocycles. The zero-order valence-corrected chi connectivity index (χ0v) is 12.2. The first-order valence-corrected chi connectivity index (χ1v) is 6.71. The van der Waals surface area contributed by atoms with Crippen LogP contribution in [0.25, 0.3) is 0 Å². The molecule has 1 amide bonds. The molecule has 100 valence electrons. The Morgan fingerprint density at radius 2 is 2.00 bits per heavy atom. The van der Waals surface area contributed by atoms with E-state index in [1.165, 1.54) is 0 Å².